The van der Waals surface area contributed by atoms with E-state index in [2.05, 4.69) is 111 Å². The Balaban J connectivity index is 4.20. The second-order valence-corrected chi connectivity index (χ2v) is 13.6. The number of rotatable bonds is 24. The maximum atomic E-state index is 11.1. The Morgan fingerprint density at radius 1 is 0.295 bits per heavy atom. The molecule has 0 saturated carbocycles. The van der Waals surface area contributed by atoms with Gasteiger partial charge in [0.05, 0.1) is 0 Å². The Labute approximate surface area is 275 Å². The summed E-state index contributed by atoms with van der Waals surface area (Å²) < 4.78 is 0. The first kappa shape index (κ1) is 41.6. The zero-order valence-electron chi connectivity index (χ0n) is 30.8. The van der Waals surface area contributed by atoms with Crippen LogP contribution in [0.4, 0.5) is 0 Å². The fourth-order valence-corrected chi connectivity index (χ4v) is 5.10. The summed E-state index contributed by atoms with van der Waals surface area (Å²) in [6.45, 7) is 21.9. The molecule has 0 atom stereocenters. The zero-order valence-corrected chi connectivity index (χ0v) is 30.8. The van der Waals surface area contributed by atoms with Crippen molar-refractivity contribution in [3.63, 3.8) is 0 Å². The maximum Gasteiger partial charge on any atom is 0.130 e. The van der Waals surface area contributed by atoms with Crippen LogP contribution in [0.2, 0.25) is 0 Å². The molecule has 1 heteroatoms. The van der Waals surface area contributed by atoms with Crippen molar-refractivity contribution in [2.45, 2.75) is 172 Å². The number of carbonyl (C=O) groups excluding carboxylic acids is 1. The number of hydrogen-bond acceptors (Lipinski definition) is 1. The minimum absolute atomic E-state index is 0.276. The molecule has 44 heavy (non-hydrogen) atoms. The molecule has 0 aliphatic carbocycles. The summed E-state index contributed by atoms with van der Waals surface area (Å²) in [7, 11) is 0. The summed E-state index contributed by atoms with van der Waals surface area (Å²) in [6, 6.07) is 0. The van der Waals surface area contributed by atoms with Gasteiger partial charge in [0.25, 0.3) is 0 Å². The number of carbonyl (C=O) groups is 1. The van der Waals surface area contributed by atoms with Gasteiger partial charge in [-0.25, -0.2) is 0 Å². The Hall–Kier alpha value is -2.41. The number of Topliss-reactive ketones (excluding diaryl/α,β-unsaturated/α-hetero) is 1. The summed E-state index contributed by atoms with van der Waals surface area (Å²) >= 11 is 0. The Kier molecular flexibility index (Phi) is 25.5. The van der Waals surface area contributed by atoms with Crippen molar-refractivity contribution in [2.24, 2.45) is 0 Å². The van der Waals surface area contributed by atoms with Crippen LogP contribution in [-0.4, -0.2) is 5.78 Å². The molecular weight excluding hydrogens is 532 g/mol. The van der Waals surface area contributed by atoms with Crippen LogP contribution in [-0.2, 0) is 4.79 Å². The summed E-state index contributed by atoms with van der Waals surface area (Å²) in [6.07, 6.45) is 36.9. The third kappa shape index (κ3) is 28.4. The monoisotopic (exact) mass is 603 g/mol. The summed E-state index contributed by atoms with van der Waals surface area (Å²) in [5.74, 6) is 0.276. The van der Waals surface area contributed by atoms with Crippen LogP contribution >= 0.6 is 0 Å². The number of ketones is 1. The van der Waals surface area contributed by atoms with Gasteiger partial charge in [-0.2, -0.15) is 0 Å². The van der Waals surface area contributed by atoms with Gasteiger partial charge < -0.3 is 4.79 Å². The Bertz CT molecular complexity index is 1060. The van der Waals surface area contributed by atoms with Crippen molar-refractivity contribution < 1.29 is 4.79 Å². The third-order valence-electron chi connectivity index (χ3n) is 8.27. The quantitative estimate of drug-likeness (QED) is 0.100. The fourth-order valence-electron chi connectivity index (χ4n) is 5.10. The minimum atomic E-state index is 0.276. The molecule has 0 saturated heterocycles. The van der Waals surface area contributed by atoms with Crippen LogP contribution < -0.4 is 0 Å². The first-order chi connectivity index (χ1) is 20.9. The van der Waals surface area contributed by atoms with Crippen molar-refractivity contribution in [1.29, 1.82) is 0 Å². The first-order valence-corrected chi connectivity index (χ1v) is 17.6. The first-order valence-electron chi connectivity index (χ1n) is 17.6. The van der Waals surface area contributed by atoms with Gasteiger partial charge in [0, 0.05) is 6.42 Å². The van der Waals surface area contributed by atoms with E-state index < -0.39 is 0 Å². The molecule has 0 unspecified atom stereocenters. The standard InChI is InChI=1S/C43H70O/c1-35(2)19-11-20-36(3)21-12-22-37(4)23-13-24-38(5)25-14-26-39(6)27-15-28-40(7)29-16-30-41(8)31-17-32-42(9)33-18-34-43(10)44/h19,21,23,25,27,29,31,33H,11-18,20,22,24,26,28,30,32,34H2,1-10H3/b36-21+,37-23-,38-25+,39-27+,40-29+,41-31+,42-33+. The van der Waals surface area contributed by atoms with Gasteiger partial charge >= 0.3 is 0 Å². The highest BCUT2D eigenvalue weighted by Crippen LogP contribution is 2.17. The summed E-state index contributed by atoms with van der Waals surface area (Å²) in [4.78, 5) is 11.1. The van der Waals surface area contributed by atoms with E-state index in [0.29, 0.717) is 6.42 Å². The average Bonchev–Trinajstić information content (AvgIpc) is 2.92. The van der Waals surface area contributed by atoms with E-state index in [9.17, 15) is 4.79 Å². The molecule has 0 spiro atoms. The molecule has 248 valence electrons. The van der Waals surface area contributed by atoms with Crippen LogP contribution in [0, 0.1) is 0 Å². The number of allylic oxidation sites excluding steroid dienone is 16. The molecule has 0 aliphatic heterocycles. The number of hydrogen-bond donors (Lipinski definition) is 0. The molecule has 0 aliphatic rings. The second kappa shape index (κ2) is 26.9. The molecule has 0 amide bonds. The fraction of sp³-hybridized carbons (Fsp3) is 0.605. The highest BCUT2D eigenvalue weighted by atomic mass is 16.1. The van der Waals surface area contributed by atoms with Gasteiger partial charge in [0.15, 0.2) is 0 Å². The lowest BCUT2D eigenvalue weighted by molar-refractivity contribution is -0.116. The normalized spacial score (nSPS) is 14.4. The van der Waals surface area contributed by atoms with E-state index in [0.717, 1.165) is 57.8 Å². The molecular formula is C43H70O. The molecule has 0 heterocycles. The molecule has 0 N–H and O–H groups in total. The average molecular weight is 603 g/mol. The van der Waals surface area contributed by atoms with Crippen molar-refractivity contribution >= 4 is 5.78 Å². The van der Waals surface area contributed by atoms with Crippen LogP contribution in [0.5, 0.6) is 0 Å². The molecule has 0 radical (unpaired) electrons. The van der Waals surface area contributed by atoms with E-state index in [-0.39, 0.29) is 5.78 Å². The molecule has 1 nitrogen and oxygen atoms in total. The van der Waals surface area contributed by atoms with Gasteiger partial charge in [-0.3, -0.25) is 0 Å². The molecule has 0 aromatic carbocycles. The lowest BCUT2D eigenvalue weighted by Gasteiger charge is -2.04. The lowest BCUT2D eigenvalue weighted by Crippen LogP contribution is -1.87. The van der Waals surface area contributed by atoms with Gasteiger partial charge in [-0.15, -0.1) is 0 Å². The third-order valence-corrected chi connectivity index (χ3v) is 8.27. The molecule has 0 rings (SSSR count). The van der Waals surface area contributed by atoms with E-state index in [4.69, 9.17) is 0 Å². The maximum absolute atomic E-state index is 11.1. The largest absolute Gasteiger partial charge is 0.300 e. The van der Waals surface area contributed by atoms with Crippen LogP contribution in [0.25, 0.3) is 0 Å². The van der Waals surface area contributed by atoms with Crippen molar-refractivity contribution in [2.75, 3.05) is 0 Å². The molecule has 0 aromatic rings. The van der Waals surface area contributed by atoms with Crippen LogP contribution in [0.3, 0.4) is 0 Å². The van der Waals surface area contributed by atoms with Crippen molar-refractivity contribution in [3.8, 4) is 0 Å². The molecule has 0 bridgehead atoms. The Morgan fingerprint density at radius 2 is 0.477 bits per heavy atom. The van der Waals surface area contributed by atoms with E-state index >= 15 is 0 Å². The van der Waals surface area contributed by atoms with Gasteiger partial charge in [0.2, 0.25) is 0 Å². The van der Waals surface area contributed by atoms with E-state index in [1.165, 1.54) is 83.1 Å². The summed E-state index contributed by atoms with van der Waals surface area (Å²) in [5, 5.41) is 0. The topological polar surface area (TPSA) is 17.1 Å². The highest BCUT2D eigenvalue weighted by molar-refractivity contribution is 5.75. The lowest BCUT2D eigenvalue weighted by atomic mass is 10.0. The molecule has 0 fully saturated rings. The minimum Gasteiger partial charge on any atom is -0.300 e. The SMILES string of the molecule is CC(=O)CC/C=C(\C)CC/C=C(\C)CC/C=C(\C)CC/C=C(\C)CC/C=C(\C)CC/C=C(/C)CC/C=C(\C)CCC=C(C)C. The highest BCUT2D eigenvalue weighted by Gasteiger charge is 1.97. The van der Waals surface area contributed by atoms with E-state index in [1.54, 1.807) is 6.92 Å². The zero-order chi connectivity index (χ0) is 33.2. The van der Waals surface area contributed by atoms with E-state index in [1.807, 2.05) is 0 Å². The second-order valence-electron chi connectivity index (χ2n) is 13.6. The van der Waals surface area contributed by atoms with Gasteiger partial charge in [0.1, 0.15) is 5.78 Å². The van der Waals surface area contributed by atoms with Gasteiger partial charge in [-0.05, 0) is 166 Å². The van der Waals surface area contributed by atoms with Crippen molar-refractivity contribution in [1.82, 2.24) is 0 Å². The predicted molar refractivity (Wildman–Crippen MR) is 200 cm³/mol. The van der Waals surface area contributed by atoms with Crippen molar-refractivity contribution in [3.05, 3.63) is 93.2 Å². The summed E-state index contributed by atoms with van der Waals surface area (Å²) in [5.41, 5.74) is 11.9. The smallest absolute Gasteiger partial charge is 0.130 e. The van der Waals surface area contributed by atoms with Crippen LogP contribution in [0.15, 0.2) is 93.2 Å². The van der Waals surface area contributed by atoms with Gasteiger partial charge in [-0.1, -0.05) is 93.2 Å². The van der Waals surface area contributed by atoms with Crippen LogP contribution in [0.1, 0.15) is 172 Å². The predicted octanol–water partition coefficient (Wildman–Crippen LogP) is 14.4. The Morgan fingerprint density at radius 3 is 0.659 bits per heavy atom. The molecule has 0 aromatic heterocycles.